The van der Waals surface area contributed by atoms with Crippen LogP contribution in [0.2, 0.25) is 10.0 Å². The monoisotopic (exact) mass is 446 g/mol. The molecule has 0 heterocycles. The maximum atomic E-state index is 13.0. The summed E-state index contributed by atoms with van der Waals surface area (Å²) in [6, 6.07) is 11.2. The fraction of sp³-hybridized carbons (Fsp3) is 0.333. The normalized spacial score (nSPS) is 16.6. The molecule has 1 unspecified atom stereocenters. The highest BCUT2D eigenvalue weighted by Crippen LogP contribution is 2.40. The SMILES string of the molecule is CCc1ccc(-c2ccc(Cl)cc2Cl)cc1C1=C(OC(=O)OC)C(CC)CCC1=O. The number of rotatable bonds is 5. The summed E-state index contributed by atoms with van der Waals surface area (Å²) in [4.78, 5) is 25.0. The molecule has 2 aromatic rings. The third-order valence-corrected chi connectivity index (χ3v) is 6.02. The molecule has 0 radical (unpaired) electrons. The number of carbonyl (C=O) groups excluding carboxylic acids is 2. The highest BCUT2D eigenvalue weighted by Gasteiger charge is 2.33. The topological polar surface area (TPSA) is 52.6 Å². The third kappa shape index (κ3) is 4.55. The molecule has 1 aliphatic rings. The molecule has 0 saturated heterocycles. The summed E-state index contributed by atoms with van der Waals surface area (Å²) in [5.41, 5.74) is 3.90. The first kappa shape index (κ1) is 22.4. The van der Waals surface area contributed by atoms with E-state index in [0.29, 0.717) is 34.2 Å². The number of ketones is 1. The molecule has 0 bridgehead atoms. The molecule has 1 atom stereocenters. The highest BCUT2D eigenvalue weighted by molar-refractivity contribution is 6.36. The number of hydrogen-bond acceptors (Lipinski definition) is 4. The van der Waals surface area contributed by atoms with E-state index >= 15 is 0 Å². The van der Waals surface area contributed by atoms with Crippen LogP contribution in [0.25, 0.3) is 16.7 Å². The van der Waals surface area contributed by atoms with Gasteiger partial charge in [0.2, 0.25) is 0 Å². The van der Waals surface area contributed by atoms with Crippen LogP contribution in [0, 0.1) is 5.92 Å². The molecule has 0 aromatic heterocycles. The van der Waals surface area contributed by atoms with Gasteiger partial charge in [0.15, 0.2) is 5.78 Å². The highest BCUT2D eigenvalue weighted by atomic mass is 35.5. The lowest BCUT2D eigenvalue weighted by atomic mass is 9.80. The van der Waals surface area contributed by atoms with Crippen molar-refractivity contribution in [3.05, 3.63) is 63.3 Å². The number of aryl methyl sites for hydroxylation is 1. The van der Waals surface area contributed by atoms with Crippen molar-refractivity contribution in [2.45, 2.75) is 39.5 Å². The lowest BCUT2D eigenvalue weighted by Gasteiger charge is -2.27. The van der Waals surface area contributed by atoms with Crippen LogP contribution < -0.4 is 0 Å². The van der Waals surface area contributed by atoms with Crippen molar-refractivity contribution in [3.63, 3.8) is 0 Å². The molecule has 6 heteroatoms. The Balaban J connectivity index is 2.23. The minimum atomic E-state index is -0.814. The zero-order valence-electron chi connectivity index (χ0n) is 17.3. The summed E-state index contributed by atoms with van der Waals surface area (Å²) in [7, 11) is 1.26. The molecule has 0 spiro atoms. The van der Waals surface area contributed by atoms with Crippen LogP contribution in [-0.4, -0.2) is 19.0 Å². The van der Waals surface area contributed by atoms with E-state index in [2.05, 4.69) is 0 Å². The van der Waals surface area contributed by atoms with Gasteiger partial charge in [0.25, 0.3) is 0 Å². The Bertz CT molecular complexity index is 1010. The Hall–Kier alpha value is -2.30. The fourth-order valence-electron chi connectivity index (χ4n) is 3.85. The summed E-state index contributed by atoms with van der Waals surface area (Å²) in [5.74, 6) is 0.339. The van der Waals surface area contributed by atoms with E-state index in [1.807, 2.05) is 38.1 Å². The fourth-order valence-corrected chi connectivity index (χ4v) is 4.37. The van der Waals surface area contributed by atoms with Crippen molar-refractivity contribution in [1.29, 1.82) is 0 Å². The van der Waals surface area contributed by atoms with Gasteiger partial charge in [-0.15, -0.1) is 0 Å². The third-order valence-electron chi connectivity index (χ3n) is 5.47. The zero-order valence-corrected chi connectivity index (χ0v) is 18.8. The lowest BCUT2D eigenvalue weighted by molar-refractivity contribution is -0.114. The maximum Gasteiger partial charge on any atom is 0.513 e. The Morgan fingerprint density at radius 2 is 1.87 bits per heavy atom. The second-order valence-electron chi connectivity index (χ2n) is 7.21. The first-order valence-electron chi connectivity index (χ1n) is 10.0. The first-order valence-corrected chi connectivity index (χ1v) is 10.8. The summed E-state index contributed by atoms with van der Waals surface area (Å²) < 4.78 is 10.2. The quantitative estimate of drug-likeness (QED) is 0.459. The predicted molar refractivity (Wildman–Crippen MR) is 120 cm³/mol. The van der Waals surface area contributed by atoms with Gasteiger partial charge in [0, 0.05) is 27.9 Å². The second kappa shape index (κ2) is 9.67. The molecule has 3 rings (SSSR count). The van der Waals surface area contributed by atoms with Gasteiger partial charge in [0.05, 0.1) is 12.7 Å². The van der Waals surface area contributed by atoms with Crippen LogP contribution in [-0.2, 0) is 20.7 Å². The molecule has 30 heavy (non-hydrogen) atoms. The number of Topliss-reactive ketones (excluding diaryl/α,β-unsaturated/α-hetero) is 1. The largest absolute Gasteiger partial charge is 0.513 e. The molecular weight excluding hydrogens is 423 g/mol. The molecule has 0 saturated carbocycles. The number of halogens is 2. The van der Waals surface area contributed by atoms with E-state index in [-0.39, 0.29) is 11.7 Å². The van der Waals surface area contributed by atoms with Gasteiger partial charge in [-0.3, -0.25) is 4.79 Å². The summed E-state index contributed by atoms with van der Waals surface area (Å²) in [5, 5.41) is 1.08. The van der Waals surface area contributed by atoms with Gasteiger partial charge in [0.1, 0.15) is 5.76 Å². The van der Waals surface area contributed by atoms with E-state index in [1.54, 1.807) is 12.1 Å². The molecule has 158 valence electrons. The molecule has 1 aliphatic carbocycles. The molecule has 2 aromatic carbocycles. The van der Waals surface area contributed by atoms with Crippen molar-refractivity contribution < 1.29 is 19.1 Å². The van der Waals surface area contributed by atoms with Gasteiger partial charge < -0.3 is 9.47 Å². The van der Waals surface area contributed by atoms with Gasteiger partial charge in [-0.1, -0.05) is 55.2 Å². The summed E-state index contributed by atoms with van der Waals surface area (Å²) >= 11 is 12.5. The molecule has 4 nitrogen and oxygen atoms in total. The van der Waals surface area contributed by atoms with Gasteiger partial charge in [-0.2, -0.15) is 0 Å². The molecule has 0 amide bonds. The van der Waals surface area contributed by atoms with Crippen LogP contribution in [0.1, 0.15) is 44.2 Å². The minimum absolute atomic E-state index is 0.0238. The van der Waals surface area contributed by atoms with E-state index in [9.17, 15) is 9.59 Å². The standard InChI is InChI=1S/C24H24Cl2O4/c1-4-14-6-7-16(18-10-9-17(25)13-20(18)26)12-19(14)22-21(27)11-8-15(5-2)23(22)30-24(28)29-3/h6-7,9-10,12-13,15H,4-5,8,11H2,1-3H3. The van der Waals surface area contributed by atoms with Gasteiger partial charge in [-0.25, -0.2) is 4.79 Å². The maximum absolute atomic E-state index is 13.0. The van der Waals surface area contributed by atoms with Crippen LogP contribution in [0.4, 0.5) is 4.79 Å². The average molecular weight is 447 g/mol. The molecule has 0 fully saturated rings. The number of hydrogen-bond donors (Lipinski definition) is 0. The Kier molecular flexibility index (Phi) is 7.22. The minimum Gasteiger partial charge on any atom is -0.437 e. The number of benzene rings is 2. The van der Waals surface area contributed by atoms with Crippen molar-refractivity contribution in [2.24, 2.45) is 5.92 Å². The van der Waals surface area contributed by atoms with Crippen LogP contribution in [0.15, 0.2) is 42.2 Å². The Morgan fingerprint density at radius 3 is 2.50 bits per heavy atom. The Labute approximate surface area is 186 Å². The van der Waals surface area contributed by atoms with Gasteiger partial charge in [-0.05, 0) is 54.2 Å². The lowest BCUT2D eigenvalue weighted by Crippen LogP contribution is -2.23. The number of carbonyl (C=O) groups is 2. The molecule has 0 aliphatic heterocycles. The smallest absolute Gasteiger partial charge is 0.437 e. The van der Waals surface area contributed by atoms with E-state index in [0.717, 1.165) is 35.1 Å². The first-order chi connectivity index (χ1) is 14.4. The van der Waals surface area contributed by atoms with Crippen molar-refractivity contribution in [2.75, 3.05) is 7.11 Å². The number of ether oxygens (including phenoxy) is 2. The Morgan fingerprint density at radius 1 is 1.10 bits per heavy atom. The summed E-state index contributed by atoms with van der Waals surface area (Å²) in [6.45, 7) is 4.04. The zero-order chi connectivity index (χ0) is 21.8. The van der Waals surface area contributed by atoms with Crippen molar-refractivity contribution >= 4 is 40.7 Å². The van der Waals surface area contributed by atoms with Crippen LogP contribution >= 0.6 is 23.2 Å². The van der Waals surface area contributed by atoms with Gasteiger partial charge >= 0.3 is 6.16 Å². The van der Waals surface area contributed by atoms with Crippen molar-refractivity contribution in [1.82, 2.24) is 0 Å². The predicted octanol–water partition coefficient (Wildman–Crippen LogP) is 7.11. The van der Waals surface area contributed by atoms with Crippen LogP contribution in [0.3, 0.4) is 0 Å². The van der Waals surface area contributed by atoms with Crippen LogP contribution in [0.5, 0.6) is 0 Å². The van der Waals surface area contributed by atoms with E-state index < -0.39 is 6.16 Å². The molecule has 0 N–H and O–H groups in total. The molecular formula is C24H24Cl2O4. The van der Waals surface area contributed by atoms with Crippen molar-refractivity contribution in [3.8, 4) is 11.1 Å². The number of allylic oxidation sites excluding steroid dienone is 2. The van der Waals surface area contributed by atoms with E-state index in [1.165, 1.54) is 7.11 Å². The summed E-state index contributed by atoms with van der Waals surface area (Å²) in [6.07, 6.45) is 1.73. The second-order valence-corrected chi connectivity index (χ2v) is 8.06. The number of methoxy groups -OCH3 is 1. The average Bonchev–Trinajstić information content (AvgIpc) is 2.73. The van der Waals surface area contributed by atoms with E-state index in [4.69, 9.17) is 32.7 Å².